The third-order valence-electron chi connectivity index (χ3n) is 5.84. The number of amides is 1. The highest BCUT2D eigenvalue weighted by molar-refractivity contribution is 5.93. The number of piperidine rings is 1. The van der Waals surface area contributed by atoms with Crippen molar-refractivity contribution in [1.82, 2.24) is 19.5 Å². The number of aryl methyl sites for hydroxylation is 4. The Balaban J connectivity index is 1.45. The van der Waals surface area contributed by atoms with E-state index in [0.717, 1.165) is 49.4 Å². The quantitative estimate of drug-likeness (QED) is 0.688. The Morgan fingerprint density at radius 1 is 1.18 bits per heavy atom. The standard InChI is InChI=1S/C23H28N4O/c1-16-7-4-5-9-20(16)11-10-19-8-6-12-26(15-19)23(28)21-14-22-24-17(2)13-18(3)27(22)25-21/h4-5,7,9,13-14,19H,6,8,10-12,15H2,1-3H3/t19-/m0/s1. The average molecular weight is 377 g/mol. The molecule has 28 heavy (non-hydrogen) atoms. The molecule has 1 aliphatic heterocycles. The van der Waals surface area contributed by atoms with Crippen LogP contribution in [0.1, 0.15) is 52.3 Å². The van der Waals surface area contributed by atoms with Gasteiger partial charge < -0.3 is 4.90 Å². The van der Waals surface area contributed by atoms with E-state index in [1.54, 1.807) is 4.52 Å². The van der Waals surface area contributed by atoms with Crippen molar-refractivity contribution < 1.29 is 4.79 Å². The van der Waals surface area contributed by atoms with Crippen LogP contribution in [0.4, 0.5) is 0 Å². The number of rotatable bonds is 4. The lowest BCUT2D eigenvalue weighted by Crippen LogP contribution is -2.40. The van der Waals surface area contributed by atoms with Crippen LogP contribution in [-0.2, 0) is 6.42 Å². The lowest BCUT2D eigenvalue weighted by molar-refractivity contribution is 0.0662. The molecule has 1 aliphatic rings. The van der Waals surface area contributed by atoms with Crippen molar-refractivity contribution in [1.29, 1.82) is 0 Å². The summed E-state index contributed by atoms with van der Waals surface area (Å²) in [5, 5.41) is 4.52. The Kier molecular flexibility index (Phi) is 5.16. The van der Waals surface area contributed by atoms with Crippen LogP contribution in [0.2, 0.25) is 0 Å². The minimum atomic E-state index is 0.0307. The lowest BCUT2D eigenvalue weighted by atomic mass is 9.90. The van der Waals surface area contributed by atoms with E-state index in [2.05, 4.69) is 41.3 Å². The summed E-state index contributed by atoms with van der Waals surface area (Å²) in [7, 11) is 0. The number of benzene rings is 1. The molecule has 146 valence electrons. The Morgan fingerprint density at radius 2 is 2.00 bits per heavy atom. The van der Waals surface area contributed by atoms with Crippen molar-refractivity contribution in [2.45, 2.75) is 46.5 Å². The first-order valence-corrected chi connectivity index (χ1v) is 10.2. The number of likely N-dealkylation sites (tertiary alicyclic amines) is 1. The fraction of sp³-hybridized carbons (Fsp3) is 0.435. The molecule has 4 rings (SSSR count). The predicted molar refractivity (Wildman–Crippen MR) is 111 cm³/mol. The monoisotopic (exact) mass is 376 g/mol. The summed E-state index contributed by atoms with van der Waals surface area (Å²) >= 11 is 0. The summed E-state index contributed by atoms with van der Waals surface area (Å²) < 4.78 is 1.76. The SMILES string of the molecule is Cc1cc(C)n2nc(C(=O)N3CCC[C@@H](CCc4ccccc4C)C3)cc2n1. The first-order valence-electron chi connectivity index (χ1n) is 10.2. The van der Waals surface area contributed by atoms with Gasteiger partial charge in [0, 0.05) is 30.5 Å². The Labute approximate surface area is 166 Å². The normalized spacial score (nSPS) is 17.2. The summed E-state index contributed by atoms with van der Waals surface area (Å²) in [6.45, 7) is 7.77. The molecule has 0 saturated carbocycles. The van der Waals surface area contributed by atoms with E-state index < -0.39 is 0 Å². The van der Waals surface area contributed by atoms with Gasteiger partial charge in [0.2, 0.25) is 0 Å². The average Bonchev–Trinajstić information content (AvgIpc) is 3.11. The van der Waals surface area contributed by atoms with E-state index in [0.29, 0.717) is 11.6 Å². The van der Waals surface area contributed by atoms with Gasteiger partial charge in [0.25, 0.3) is 5.91 Å². The highest BCUT2D eigenvalue weighted by Gasteiger charge is 2.26. The molecule has 0 bridgehead atoms. The lowest BCUT2D eigenvalue weighted by Gasteiger charge is -2.32. The number of nitrogens with zero attached hydrogens (tertiary/aromatic N) is 4. The number of aromatic nitrogens is 3. The maximum absolute atomic E-state index is 13.1. The topological polar surface area (TPSA) is 50.5 Å². The zero-order valence-corrected chi connectivity index (χ0v) is 17.0. The van der Waals surface area contributed by atoms with Crippen LogP contribution in [0.25, 0.3) is 5.65 Å². The van der Waals surface area contributed by atoms with E-state index in [1.165, 1.54) is 17.5 Å². The van der Waals surface area contributed by atoms with Gasteiger partial charge in [0.05, 0.1) is 0 Å². The number of hydrogen-bond acceptors (Lipinski definition) is 3. The third-order valence-corrected chi connectivity index (χ3v) is 5.84. The largest absolute Gasteiger partial charge is 0.337 e. The van der Waals surface area contributed by atoms with Crippen molar-refractivity contribution in [3.8, 4) is 0 Å². The highest BCUT2D eigenvalue weighted by Crippen LogP contribution is 2.24. The zero-order chi connectivity index (χ0) is 19.7. The van der Waals surface area contributed by atoms with Gasteiger partial charge in [-0.15, -0.1) is 0 Å². The molecule has 0 unspecified atom stereocenters. The van der Waals surface area contributed by atoms with Crippen LogP contribution < -0.4 is 0 Å². The predicted octanol–water partition coefficient (Wildman–Crippen LogP) is 4.14. The molecule has 0 N–H and O–H groups in total. The molecule has 5 heteroatoms. The van der Waals surface area contributed by atoms with Crippen molar-refractivity contribution in [3.05, 3.63) is 64.6 Å². The zero-order valence-electron chi connectivity index (χ0n) is 17.0. The van der Waals surface area contributed by atoms with Crippen molar-refractivity contribution in [2.24, 2.45) is 5.92 Å². The minimum absolute atomic E-state index is 0.0307. The van der Waals surface area contributed by atoms with Crippen molar-refractivity contribution >= 4 is 11.6 Å². The number of carbonyl (C=O) groups is 1. The maximum atomic E-state index is 13.1. The maximum Gasteiger partial charge on any atom is 0.274 e. The number of hydrogen-bond donors (Lipinski definition) is 0. The highest BCUT2D eigenvalue weighted by atomic mass is 16.2. The van der Waals surface area contributed by atoms with Gasteiger partial charge in [-0.05, 0) is 69.6 Å². The van der Waals surface area contributed by atoms with Crippen LogP contribution in [0.3, 0.4) is 0 Å². The molecule has 1 fully saturated rings. The molecule has 0 spiro atoms. The smallest absolute Gasteiger partial charge is 0.274 e. The van der Waals surface area contributed by atoms with Gasteiger partial charge in [-0.3, -0.25) is 4.79 Å². The summed E-state index contributed by atoms with van der Waals surface area (Å²) in [4.78, 5) is 19.5. The number of carbonyl (C=O) groups excluding carboxylic acids is 1. The Hall–Kier alpha value is -2.69. The molecule has 1 amide bonds. The Morgan fingerprint density at radius 3 is 2.82 bits per heavy atom. The molecule has 1 saturated heterocycles. The van der Waals surface area contributed by atoms with Crippen LogP contribution in [0, 0.1) is 26.7 Å². The van der Waals surface area contributed by atoms with Gasteiger partial charge >= 0.3 is 0 Å². The molecule has 5 nitrogen and oxygen atoms in total. The van der Waals surface area contributed by atoms with E-state index in [4.69, 9.17) is 0 Å². The molecule has 1 aromatic carbocycles. The molecule has 0 radical (unpaired) electrons. The fourth-order valence-electron chi connectivity index (χ4n) is 4.29. The summed E-state index contributed by atoms with van der Waals surface area (Å²) in [6.07, 6.45) is 4.46. The summed E-state index contributed by atoms with van der Waals surface area (Å²) in [5.74, 6) is 0.583. The van der Waals surface area contributed by atoms with Crippen LogP contribution in [-0.4, -0.2) is 38.5 Å². The second-order valence-electron chi connectivity index (χ2n) is 8.06. The molecular weight excluding hydrogens is 348 g/mol. The van der Waals surface area contributed by atoms with Gasteiger partial charge in [-0.2, -0.15) is 5.10 Å². The van der Waals surface area contributed by atoms with Crippen molar-refractivity contribution in [2.75, 3.05) is 13.1 Å². The van der Waals surface area contributed by atoms with Crippen LogP contribution in [0.5, 0.6) is 0 Å². The van der Waals surface area contributed by atoms with Crippen LogP contribution in [0.15, 0.2) is 36.4 Å². The summed E-state index contributed by atoms with van der Waals surface area (Å²) in [6, 6.07) is 12.4. The van der Waals surface area contributed by atoms with E-state index in [1.807, 2.05) is 30.9 Å². The van der Waals surface area contributed by atoms with E-state index >= 15 is 0 Å². The molecule has 3 heterocycles. The van der Waals surface area contributed by atoms with E-state index in [-0.39, 0.29) is 5.91 Å². The third kappa shape index (κ3) is 3.79. The molecule has 2 aromatic heterocycles. The van der Waals surface area contributed by atoms with Crippen molar-refractivity contribution in [3.63, 3.8) is 0 Å². The first-order chi connectivity index (χ1) is 13.5. The molecular formula is C23H28N4O. The second-order valence-corrected chi connectivity index (χ2v) is 8.06. The molecule has 1 atom stereocenters. The number of fused-ring (bicyclic) bond motifs is 1. The fourth-order valence-corrected chi connectivity index (χ4v) is 4.29. The van der Waals surface area contributed by atoms with Crippen LogP contribution >= 0.6 is 0 Å². The van der Waals surface area contributed by atoms with E-state index in [9.17, 15) is 4.79 Å². The van der Waals surface area contributed by atoms with Gasteiger partial charge in [0.1, 0.15) is 0 Å². The summed E-state index contributed by atoms with van der Waals surface area (Å²) in [5.41, 5.74) is 5.96. The van der Waals surface area contributed by atoms with Gasteiger partial charge in [-0.1, -0.05) is 24.3 Å². The molecule has 0 aliphatic carbocycles. The second kappa shape index (κ2) is 7.74. The Bertz CT molecular complexity index is 1010. The van der Waals surface area contributed by atoms with Gasteiger partial charge in [-0.25, -0.2) is 9.50 Å². The first kappa shape index (κ1) is 18.7. The molecule has 3 aromatic rings. The minimum Gasteiger partial charge on any atom is -0.337 e. The van der Waals surface area contributed by atoms with Gasteiger partial charge in [0.15, 0.2) is 11.3 Å².